The summed E-state index contributed by atoms with van der Waals surface area (Å²) in [4.78, 5) is 0. The van der Waals surface area contributed by atoms with Crippen LogP contribution in [0.15, 0.2) is 23.8 Å². The van der Waals surface area contributed by atoms with E-state index in [-0.39, 0.29) is 12.0 Å². The fourth-order valence-electron chi connectivity index (χ4n) is 1.95. The Kier molecular flexibility index (Phi) is 5.50. The van der Waals surface area contributed by atoms with E-state index in [1.165, 1.54) is 12.2 Å². The van der Waals surface area contributed by atoms with E-state index in [1.807, 2.05) is 0 Å². The molecule has 0 amide bonds. The van der Waals surface area contributed by atoms with Crippen molar-refractivity contribution in [1.82, 2.24) is 0 Å². The van der Waals surface area contributed by atoms with Crippen LogP contribution in [0.1, 0.15) is 19.3 Å². The minimum Gasteiger partial charge on any atom is -0.200 e. The van der Waals surface area contributed by atoms with E-state index in [1.54, 1.807) is 0 Å². The lowest BCUT2D eigenvalue weighted by atomic mass is 9.91. The van der Waals surface area contributed by atoms with Crippen LogP contribution >= 0.6 is 0 Å². The quantitative estimate of drug-likeness (QED) is 0.425. The van der Waals surface area contributed by atoms with Crippen molar-refractivity contribution in [3.63, 3.8) is 0 Å². The largest absolute Gasteiger partial charge is 0.460 e. The molecule has 0 aliphatic heterocycles. The lowest BCUT2D eigenvalue weighted by Gasteiger charge is -2.39. The summed E-state index contributed by atoms with van der Waals surface area (Å²) < 4.78 is 167. The zero-order chi connectivity index (χ0) is 20.8. The Morgan fingerprint density at radius 2 is 1.12 bits per heavy atom. The zero-order valence-electron chi connectivity index (χ0n) is 12.3. The third-order valence-electron chi connectivity index (χ3n) is 3.61. The Bertz CT molecular complexity index is 579. The van der Waals surface area contributed by atoms with Crippen molar-refractivity contribution >= 4 is 0 Å². The van der Waals surface area contributed by atoms with Crippen LogP contribution in [-0.4, -0.2) is 35.8 Å². The minimum absolute atomic E-state index is 0.0242. The molecule has 0 saturated carbocycles. The van der Waals surface area contributed by atoms with Crippen molar-refractivity contribution in [2.24, 2.45) is 0 Å². The molecule has 26 heavy (non-hydrogen) atoms. The Hall–Kier alpha value is -1.43. The van der Waals surface area contributed by atoms with Crippen molar-refractivity contribution in [2.75, 3.05) is 0 Å². The average molecular weight is 412 g/mol. The van der Waals surface area contributed by atoms with Crippen LogP contribution in [0.3, 0.4) is 0 Å². The fourth-order valence-corrected chi connectivity index (χ4v) is 1.95. The molecule has 0 N–H and O–H groups in total. The fraction of sp³-hybridized carbons (Fsp3) is 0.692. The number of hydrogen-bond donors (Lipinski definition) is 0. The van der Waals surface area contributed by atoms with Crippen molar-refractivity contribution in [3.05, 3.63) is 23.8 Å². The van der Waals surface area contributed by atoms with Crippen LogP contribution in [0.5, 0.6) is 0 Å². The SMILES string of the molecule is FC(F)(F)C(F)(F)C(F)(F)C(F)(F)C(F)(F)C(F)(F)CCC1=CC=CC1. The summed E-state index contributed by atoms with van der Waals surface area (Å²) in [7, 11) is 0. The maximum atomic E-state index is 13.4. The highest BCUT2D eigenvalue weighted by atomic mass is 19.4. The number of rotatable bonds is 7. The van der Waals surface area contributed by atoms with Gasteiger partial charge in [-0.25, -0.2) is 0 Å². The van der Waals surface area contributed by atoms with E-state index in [0.29, 0.717) is 0 Å². The van der Waals surface area contributed by atoms with Crippen LogP contribution in [0.25, 0.3) is 0 Å². The standard InChI is InChI=1S/C13H9F13/c14-8(15,6-5-7-3-1-2-4-7)9(16,17)10(18,19)11(20,21)12(22,23)13(24,25)26/h1-3H,4-6H2. The van der Waals surface area contributed by atoms with Gasteiger partial charge < -0.3 is 0 Å². The molecule has 0 heterocycles. The van der Waals surface area contributed by atoms with Crippen LogP contribution in [0.4, 0.5) is 57.1 Å². The van der Waals surface area contributed by atoms with Gasteiger partial charge in [-0.15, -0.1) is 0 Å². The first kappa shape index (κ1) is 22.6. The van der Waals surface area contributed by atoms with Crippen LogP contribution in [0.2, 0.25) is 0 Å². The van der Waals surface area contributed by atoms with Gasteiger partial charge in [0.25, 0.3) is 0 Å². The van der Waals surface area contributed by atoms with Gasteiger partial charge in [-0.2, -0.15) is 57.1 Å². The van der Waals surface area contributed by atoms with Gasteiger partial charge >= 0.3 is 35.8 Å². The average Bonchev–Trinajstić information content (AvgIpc) is 2.96. The molecule has 0 aromatic heterocycles. The number of halogens is 13. The molecule has 0 spiro atoms. The second-order valence-electron chi connectivity index (χ2n) is 5.46. The molecule has 0 aromatic carbocycles. The maximum absolute atomic E-state index is 13.4. The third-order valence-corrected chi connectivity index (χ3v) is 3.61. The molecule has 13 heteroatoms. The summed E-state index contributed by atoms with van der Waals surface area (Å²) in [6, 6.07) is 0. The topological polar surface area (TPSA) is 0 Å². The second kappa shape index (κ2) is 6.32. The molecular formula is C13H9F13. The summed E-state index contributed by atoms with van der Waals surface area (Å²) >= 11 is 0. The van der Waals surface area contributed by atoms with Gasteiger partial charge in [0, 0.05) is 6.42 Å². The lowest BCUT2D eigenvalue weighted by Crippen LogP contribution is -2.70. The predicted octanol–water partition coefficient (Wildman–Crippen LogP) is 6.39. The highest BCUT2D eigenvalue weighted by molar-refractivity contribution is 5.23. The molecule has 0 aromatic rings. The van der Waals surface area contributed by atoms with Crippen molar-refractivity contribution in [2.45, 2.75) is 55.1 Å². The molecule has 152 valence electrons. The molecule has 0 nitrogen and oxygen atoms in total. The predicted molar refractivity (Wildman–Crippen MR) is 61.9 cm³/mol. The van der Waals surface area contributed by atoms with Crippen LogP contribution in [0, 0.1) is 0 Å². The van der Waals surface area contributed by atoms with E-state index in [2.05, 4.69) is 0 Å². The highest BCUT2D eigenvalue weighted by Gasteiger charge is 2.90. The molecule has 0 bridgehead atoms. The van der Waals surface area contributed by atoms with Crippen LogP contribution < -0.4 is 0 Å². The van der Waals surface area contributed by atoms with E-state index in [0.717, 1.165) is 6.08 Å². The number of alkyl halides is 13. The summed E-state index contributed by atoms with van der Waals surface area (Å²) in [5, 5.41) is 0. The van der Waals surface area contributed by atoms with Gasteiger partial charge in [0.2, 0.25) is 0 Å². The summed E-state index contributed by atoms with van der Waals surface area (Å²) in [6.07, 6.45) is -6.79. The van der Waals surface area contributed by atoms with Crippen molar-refractivity contribution in [3.8, 4) is 0 Å². The monoisotopic (exact) mass is 412 g/mol. The number of hydrogen-bond acceptors (Lipinski definition) is 0. The third kappa shape index (κ3) is 3.28. The normalized spacial score (nSPS) is 17.7. The number of allylic oxidation sites excluding steroid dienone is 4. The highest BCUT2D eigenvalue weighted by Crippen LogP contribution is 2.60. The van der Waals surface area contributed by atoms with E-state index in [9.17, 15) is 57.1 Å². The molecule has 1 aliphatic rings. The van der Waals surface area contributed by atoms with E-state index >= 15 is 0 Å². The van der Waals surface area contributed by atoms with Gasteiger partial charge in [0.15, 0.2) is 0 Å². The first-order chi connectivity index (χ1) is 11.3. The van der Waals surface area contributed by atoms with Crippen molar-refractivity contribution in [1.29, 1.82) is 0 Å². The molecule has 1 aliphatic carbocycles. The van der Waals surface area contributed by atoms with Gasteiger partial charge in [-0.1, -0.05) is 23.8 Å². The Balaban J connectivity index is 3.20. The van der Waals surface area contributed by atoms with Crippen LogP contribution in [-0.2, 0) is 0 Å². The molecule has 0 unspecified atom stereocenters. The van der Waals surface area contributed by atoms with Gasteiger partial charge in [0.05, 0.1) is 0 Å². The Labute approximate surface area is 137 Å². The van der Waals surface area contributed by atoms with Gasteiger partial charge in [-0.3, -0.25) is 0 Å². The molecule has 1 rings (SSSR count). The summed E-state index contributed by atoms with van der Waals surface area (Å²) in [5.41, 5.74) is 0.0242. The Morgan fingerprint density at radius 3 is 1.50 bits per heavy atom. The summed E-state index contributed by atoms with van der Waals surface area (Å²) in [6.45, 7) is 0. The van der Waals surface area contributed by atoms with Crippen molar-refractivity contribution < 1.29 is 57.1 Å². The van der Waals surface area contributed by atoms with E-state index in [4.69, 9.17) is 0 Å². The molecule has 0 saturated heterocycles. The second-order valence-corrected chi connectivity index (χ2v) is 5.46. The maximum Gasteiger partial charge on any atom is 0.460 e. The lowest BCUT2D eigenvalue weighted by molar-refractivity contribution is -0.440. The molecule has 0 fully saturated rings. The first-order valence-corrected chi connectivity index (χ1v) is 6.63. The molecule has 0 radical (unpaired) electrons. The van der Waals surface area contributed by atoms with Gasteiger partial charge in [0.1, 0.15) is 0 Å². The summed E-state index contributed by atoms with van der Waals surface area (Å²) in [5.74, 6) is -36.4. The van der Waals surface area contributed by atoms with Gasteiger partial charge in [-0.05, 0) is 12.8 Å². The Morgan fingerprint density at radius 1 is 0.654 bits per heavy atom. The minimum atomic E-state index is -7.83. The smallest absolute Gasteiger partial charge is 0.200 e. The first-order valence-electron chi connectivity index (χ1n) is 6.63. The van der Waals surface area contributed by atoms with E-state index < -0.39 is 48.6 Å². The molecule has 0 atom stereocenters. The molecular weight excluding hydrogens is 403 g/mol. The zero-order valence-corrected chi connectivity index (χ0v) is 12.3.